The molecule has 0 saturated heterocycles. The summed E-state index contributed by atoms with van der Waals surface area (Å²) in [6, 6.07) is 52.8. The van der Waals surface area contributed by atoms with Crippen LogP contribution in [0, 0.1) is 0 Å². The molecule has 0 aliphatic carbocycles. The van der Waals surface area contributed by atoms with Crippen molar-refractivity contribution in [2.45, 2.75) is 25.0 Å². The van der Waals surface area contributed by atoms with Crippen LogP contribution in [0.5, 0.6) is 0 Å². The number of nitrogens with zero attached hydrogens (tertiary/aromatic N) is 2. The van der Waals surface area contributed by atoms with Gasteiger partial charge in [0, 0.05) is 40.8 Å². The molecule has 0 bridgehead atoms. The van der Waals surface area contributed by atoms with E-state index in [1.54, 1.807) is 11.3 Å². The topological polar surface area (TPSA) is 25.8 Å². The molecule has 0 atom stereocenters. The van der Waals surface area contributed by atoms with E-state index in [-0.39, 0.29) is 0 Å². The highest BCUT2D eigenvalue weighted by Crippen LogP contribution is 2.62. The molecule has 0 fully saturated rings. The zero-order valence-electron chi connectivity index (χ0n) is 24.5. The second-order valence-electron chi connectivity index (χ2n) is 11.7. The van der Waals surface area contributed by atoms with Crippen LogP contribution in [0.15, 0.2) is 165 Å². The highest BCUT2D eigenvalue weighted by molar-refractivity contribution is 8.00. The van der Waals surface area contributed by atoms with Gasteiger partial charge in [-0.15, -0.1) is 11.3 Å². The van der Waals surface area contributed by atoms with Crippen molar-refractivity contribution in [2.24, 2.45) is 0 Å². The van der Waals surface area contributed by atoms with Crippen molar-refractivity contribution in [1.29, 1.82) is 0 Å². The van der Waals surface area contributed by atoms with Gasteiger partial charge in [0.2, 0.25) is 0 Å². The fourth-order valence-corrected chi connectivity index (χ4v) is 10.9. The molecular weight excluding hydrogens is 617 g/mol. The van der Waals surface area contributed by atoms with Crippen molar-refractivity contribution >= 4 is 55.2 Å². The largest absolute Gasteiger partial charge is 0.226 e. The Hall–Kier alpha value is -4.68. The van der Waals surface area contributed by atoms with Crippen LogP contribution in [0.3, 0.4) is 0 Å². The third-order valence-electron chi connectivity index (χ3n) is 9.23. The Morgan fingerprint density at radius 1 is 0.478 bits per heavy atom. The molecule has 10 rings (SSSR count). The molecule has 0 unspecified atom stereocenters. The number of thiophene rings is 1. The summed E-state index contributed by atoms with van der Waals surface area (Å²) in [5.74, 6) is 0.749. The van der Waals surface area contributed by atoms with E-state index >= 15 is 0 Å². The summed E-state index contributed by atoms with van der Waals surface area (Å²) in [7, 11) is 0. The highest BCUT2D eigenvalue weighted by Gasteiger charge is 2.49. The quantitative estimate of drug-likeness (QED) is 0.192. The Kier molecular flexibility index (Phi) is 5.86. The smallest absolute Gasteiger partial charge is 0.160 e. The summed E-state index contributed by atoms with van der Waals surface area (Å²) >= 11 is 5.54. The fourth-order valence-electron chi connectivity index (χ4n) is 7.27. The van der Waals surface area contributed by atoms with Crippen molar-refractivity contribution < 1.29 is 0 Å². The average molecular weight is 641 g/mol. The Balaban J connectivity index is 1.21. The number of benzene rings is 6. The maximum Gasteiger partial charge on any atom is 0.160 e. The van der Waals surface area contributed by atoms with E-state index in [0.29, 0.717) is 0 Å². The van der Waals surface area contributed by atoms with Crippen molar-refractivity contribution in [1.82, 2.24) is 9.97 Å². The highest BCUT2D eigenvalue weighted by atomic mass is 32.2. The minimum Gasteiger partial charge on any atom is -0.226 e. The van der Waals surface area contributed by atoms with E-state index in [1.807, 2.05) is 23.5 Å². The SMILES string of the molecule is c1ccc(-c2nc(-c3ccc(C45c6ccccc6Sc6cccc(c64)Sc4ccccc45)cc3)nc3c2sc2ccccc23)cc1. The van der Waals surface area contributed by atoms with E-state index in [0.717, 1.165) is 32.9 Å². The molecule has 2 nitrogen and oxygen atoms in total. The van der Waals surface area contributed by atoms with Crippen LogP contribution in [0.25, 0.3) is 42.9 Å². The van der Waals surface area contributed by atoms with Gasteiger partial charge in [-0.2, -0.15) is 0 Å². The van der Waals surface area contributed by atoms with E-state index in [1.165, 1.54) is 51.9 Å². The van der Waals surface area contributed by atoms with Gasteiger partial charge >= 0.3 is 0 Å². The van der Waals surface area contributed by atoms with E-state index in [2.05, 4.69) is 146 Å². The molecule has 0 saturated carbocycles. The first kappa shape index (κ1) is 26.5. The van der Waals surface area contributed by atoms with E-state index < -0.39 is 5.41 Å². The molecular formula is C41H24N2S3. The van der Waals surface area contributed by atoms with Gasteiger partial charge in [-0.3, -0.25) is 0 Å². The molecule has 0 spiro atoms. The molecule has 0 N–H and O–H groups in total. The summed E-state index contributed by atoms with van der Waals surface area (Å²) in [5.41, 5.74) is 9.04. The first-order chi connectivity index (χ1) is 22.8. The fraction of sp³-hybridized carbons (Fsp3) is 0.0244. The zero-order valence-corrected chi connectivity index (χ0v) is 26.9. The summed E-state index contributed by atoms with van der Waals surface area (Å²) in [5, 5.41) is 1.18. The lowest BCUT2D eigenvalue weighted by atomic mass is 9.64. The van der Waals surface area contributed by atoms with Crippen molar-refractivity contribution in [3.63, 3.8) is 0 Å². The van der Waals surface area contributed by atoms with Gasteiger partial charge in [0.15, 0.2) is 5.82 Å². The minimum atomic E-state index is -0.419. The van der Waals surface area contributed by atoms with Crippen molar-refractivity contribution in [2.75, 3.05) is 0 Å². The first-order valence-electron chi connectivity index (χ1n) is 15.3. The van der Waals surface area contributed by atoms with Crippen molar-refractivity contribution in [3.05, 3.63) is 168 Å². The Morgan fingerprint density at radius 2 is 1.09 bits per heavy atom. The van der Waals surface area contributed by atoms with Gasteiger partial charge in [0.1, 0.15) is 0 Å². The van der Waals surface area contributed by atoms with Crippen LogP contribution in [-0.4, -0.2) is 9.97 Å². The van der Waals surface area contributed by atoms with Crippen LogP contribution in [0.2, 0.25) is 0 Å². The lowest BCUT2D eigenvalue weighted by Crippen LogP contribution is -2.36. The number of hydrogen-bond acceptors (Lipinski definition) is 5. The van der Waals surface area contributed by atoms with Crippen molar-refractivity contribution in [3.8, 4) is 22.6 Å². The lowest BCUT2D eigenvalue weighted by Gasteiger charge is -2.46. The van der Waals surface area contributed by atoms with Crippen LogP contribution in [-0.2, 0) is 5.41 Å². The van der Waals surface area contributed by atoms with Crippen LogP contribution in [0.4, 0.5) is 0 Å². The molecule has 216 valence electrons. The molecule has 6 aromatic carbocycles. The molecule has 46 heavy (non-hydrogen) atoms. The van der Waals surface area contributed by atoms with E-state index in [4.69, 9.17) is 9.97 Å². The Morgan fingerprint density at radius 3 is 1.80 bits per heavy atom. The second kappa shape index (κ2) is 10.2. The zero-order chi connectivity index (χ0) is 30.2. The second-order valence-corrected chi connectivity index (χ2v) is 14.9. The van der Waals surface area contributed by atoms with Crippen LogP contribution in [0.1, 0.15) is 22.3 Å². The van der Waals surface area contributed by atoms with Gasteiger partial charge in [-0.05, 0) is 52.6 Å². The van der Waals surface area contributed by atoms with Gasteiger partial charge in [0.05, 0.1) is 21.3 Å². The standard InChI is InChI=1S/C41H24N2S3/c1-2-11-25(12-3-1)37-39-38(28-13-4-7-16-31(28)46-39)43-40(42-37)26-21-23-27(24-22-26)41-29-14-5-8-17-32(29)44-34-19-10-20-35(36(34)41)45-33-18-9-6-15-30(33)41/h1-24H. The summed E-state index contributed by atoms with van der Waals surface area (Å²) in [6.07, 6.45) is 0. The Bertz CT molecular complexity index is 2410. The maximum atomic E-state index is 5.24. The molecule has 0 amide bonds. The number of aromatic nitrogens is 2. The lowest BCUT2D eigenvalue weighted by molar-refractivity contribution is 0.663. The van der Waals surface area contributed by atoms with Gasteiger partial charge < -0.3 is 0 Å². The molecule has 4 heterocycles. The van der Waals surface area contributed by atoms with Gasteiger partial charge in [-0.25, -0.2) is 9.97 Å². The molecule has 8 aromatic rings. The first-order valence-corrected chi connectivity index (χ1v) is 17.8. The van der Waals surface area contributed by atoms with Crippen LogP contribution >= 0.6 is 34.9 Å². The number of rotatable bonds is 3. The number of fused-ring (bicyclic) bond motifs is 7. The predicted octanol–water partition coefficient (Wildman–Crippen LogP) is 11.5. The maximum absolute atomic E-state index is 5.24. The molecule has 2 aliphatic rings. The molecule has 2 aromatic heterocycles. The minimum absolute atomic E-state index is 0.419. The summed E-state index contributed by atoms with van der Waals surface area (Å²) in [6.45, 7) is 0. The summed E-state index contributed by atoms with van der Waals surface area (Å²) < 4.78 is 2.36. The third kappa shape index (κ3) is 3.74. The van der Waals surface area contributed by atoms with Gasteiger partial charge in [-0.1, -0.05) is 139 Å². The summed E-state index contributed by atoms with van der Waals surface area (Å²) in [4.78, 5) is 15.7. The normalized spacial score (nSPS) is 14.1. The number of hydrogen-bond donors (Lipinski definition) is 0. The van der Waals surface area contributed by atoms with Gasteiger partial charge in [0.25, 0.3) is 0 Å². The van der Waals surface area contributed by atoms with E-state index in [9.17, 15) is 0 Å². The third-order valence-corrected chi connectivity index (χ3v) is 12.7. The Labute approximate surface area is 279 Å². The molecule has 2 aliphatic heterocycles. The molecule has 0 radical (unpaired) electrons. The van der Waals surface area contributed by atoms with Crippen LogP contribution < -0.4 is 0 Å². The molecule has 5 heteroatoms. The monoisotopic (exact) mass is 640 g/mol. The predicted molar refractivity (Wildman–Crippen MR) is 192 cm³/mol. The average Bonchev–Trinajstić information content (AvgIpc) is 3.50.